The van der Waals surface area contributed by atoms with Crippen LogP contribution in [0.25, 0.3) is 21.0 Å². The summed E-state index contributed by atoms with van der Waals surface area (Å²) < 4.78 is 12.1. The van der Waals surface area contributed by atoms with Crippen LogP contribution in [0, 0.1) is 0 Å². The Hall–Kier alpha value is -2.87. The van der Waals surface area contributed by atoms with Crippen LogP contribution in [0.2, 0.25) is 0 Å². The third-order valence-corrected chi connectivity index (χ3v) is 6.01. The molecule has 0 N–H and O–H groups in total. The first-order valence-electron chi connectivity index (χ1n) is 10.0. The average Bonchev–Trinajstić information content (AvgIpc) is 3.20. The molecule has 0 saturated heterocycles. The van der Waals surface area contributed by atoms with E-state index in [1.165, 1.54) is 11.3 Å². The number of carbonyl (C=O) groups is 1. The number of hydrogen-bond acceptors (Lipinski definition) is 6. The molecule has 32 heavy (non-hydrogen) atoms. The van der Waals surface area contributed by atoms with Gasteiger partial charge in [0.15, 0.2) is 11.7 Å². The molecule has 8 heteroatoms. The zero-order chi connectivity index (χ0) is 21.8. The van der Waals surface area contributed by atoms with Crippen molar-refractivity contribution in [2.45, 2.75) is 0 Å². The van der Waals surface area contributed by atoms with E-state index in [2.05, 4.69) is 11.1 Å². The van der Waals surface area contributed by atoms with Crippen molar-refractivity contribution in [3.8, 4) is 11.5 Å². The molecular formula is C24H26ClN3O3S. The molecule has 0 aliphatic heterocycles. The number of nitrogens with zero attached hydrogens (tertiary/aromatic N) is 3. The standard InChI is InChI=1S/C24H25N3O3S.ClH/c1-26(2)12-13-27(24-25-21-11-10-19(29-3)15-22(21)31-24)23(28)16-30-20-9-8-17-6-4-5-7-18(17)14-20;/h4-11,14-15H,12-13,16H2,1-3H3;1H. The first-order valence-corrected chi connectivity index (χ1v) is 10.9. The molecule has 0 unspecified atom stereocenters. The number of methoxy groups -OCH3 is 1. The van der Waals surface area contributed by atoms with Gasteiger partial charge in [-0.25, -0.2) is 4.98 Å². The highest BCUT2D eigenvalue weighted by atomic mass is 35.5. The van der Waals surface area contributed by atoms with Gasteiger partial charge >= 0.3 is 0 Å². The molecule has 0 bridgehead atoms. The summed E-state index contributed by atoms with van der Waals surface area (Å²) in [5, 5.41) is 2.88. The van der Waals surface area contributed by atoms with Crippen LogP contribution in [0.15, 0.2) is 60.7 Å². The molecule has 1 amide bonds. The van der Waals surface area contributed by atoms with Gasteiger partial charge in [0.25, 0.3) is 5.91 Å². The fourth-order valence-corrected chi connectivity index (χ4v) is 4.28. The fourth-order valence-electron chi connectivity index (χ4n) is 3.24. The number of halogens is 1. The minimum absolute atomic E-state index is 0. The SMILES string of the molecule is COc1ccc2nc(N(CCN(C)C)C(=O)COc3ccc4ccccc4c3)sc2c1.Cl. The second-order valence-electron chi connectivity index (χ2n) is 7.48. The van der Waals surface area contributed by atoms with E-state index in [1.807, 2.05) is 73.6 Å². The lowest BCUT2D eigenvalue weighted by Crippen LogP contribution is -2.39. The highest BCUT2D eigenvalue weighted by Crippen LogP contribution is 2.31. The number of benzene rings is 3. The predicted octanol–water partition coefficient (Wildman–Crippen LogP) is 4.85. The van der Waals surface area contributed by atoms with E-state index in [1.54, 1.807) is 12.0 Å². The molecule has 0 aliphatic carbocycles. The Bertz CT molecular complexity index is 1210. The van der Waals surface area contributed by atoms with Crippen LogP contribution >= 0.6 is 23.7 Å². The van der Waals surface area contributed by atoms with Crippen LogP contribution in [0.5, 0.6) is 11.5 Å². The summed E-state index contributed by atoms with van der Waals surface area (Å²) in [7, 11) is 5.61. The van der Waals surface area contributed by atoms with Gasteiger partial charge < -0.3 is 14.4 Å². The third kappa shape index (κ3) is 5.48. The summed E-state index contributed by atoms with van der Waals surface area (Å²) >= 11 is 1.48. The molecule has 1 heterocycles. The maximum atomic E-state index is 13.1. The zero-order valence-electron chi connectivity index (χ0n) is 18.3. The van der Waals surface area contributed by atoms with Gasteiger partial charge in [0, 0.05) is 13.1 Å². The number of ether oxygens (including phenoxy) is 2. The molecule has 168 valence electrons. The van der Waals surface area contributed by atoms with Crippen LogP contribution in [-0.2, 0) is 4.79 Å². The first kappa shape index (κ1) is 23.8. The van der Waals surface area contributed by atoms with Gasteiger partial charge in [0.1, 0.15) is 11.5 Å². The summed E-state index contributed by atoms with van der Waals surface area (Å²) in [5.41, 5.74) is 0.846. The van der Waals surface area contributed by atoms with Crippen molar-refractivity contribution in [3.63, 3.8) is 0 Å². The maximum Gasteiger partial charge on any atom is 0.266 e. The van der Waals surface area contributed by atoms with E-state index in [4.69, 9.17) is 9.47 Å². The number of carbonyl (C=O) groups excluding carboxylic acids is 1. The van der Waals surface area contributed by atoms with Crippen molar-refractivity contribution in [2.24, 2.45) is 0 Å². The molecule has 4 aromatic rings. The van der Waals surface area contributed by atoms with Crippen molar-refractivity contribution in [1.29, 1.82) is 0 Å². The highest BCUT2D eigenvalue weighted by Gasteiger charge is 2.21. The predicted molar refractivity (Wildman–Crippen MR) is 134 cm³/mol. The number of aromatic nitrogens is 1. The van der Waals surface area contributed by atoms with E-state index in [-0.39, 0.29) is 24.9 Å². The number of amides is 1. The van der Waals surface area contributed by atoms with Crippen molar-refractivity contribution in [3.05, 3.63) is 60.7 Å². The number of anilines is 1. The summed E-state index contributed by atoms with van der Waals surface area (Å²) in [6.45, 7) is 1.20. The van der Waals surface area contributed by atoms with Gasteiger partial charge in [-0.1, -0.05) is 41.7 Å². The van der Waals surface area contributed by atoms with E-state index in [9.17, 15) is 4.79 Å². The molecule has 0 spiro atoms. The van der Waals surface area contributed by atoms with E-state index in [0.29, 0.717) is 17.4 Å². The Kier molecular flexibility index (Phi) is 7.90. The number of fused-ring (bicyclic) bond motifs is 2. The molecule has 0 saturated carbocycles. The Labute approximate surface area is 197 Å². The lowest BCUT2D eigenvalue weighted by Gasteiger charge is -2.22. The van der Waals surface area contributed by atoms with Crippen LogP contribution in [-0.4, -0.2) is 56.7 Å². The third-order valence-electron chi connectivity index (χ3n) is 4.97. The normalized spacial score (nSPS) is 10.9. The maximum absolute atomic E-state index is 13.1. The highest BCUT2D eigenvalue weighted by molar-refractivity contribution is 7.22. The second-order valence-corrected chi connectivity index (χ2v) is 8.49. The fraction of sp³-hybridized carbons (Fsp3) is 0.250. The lowest BCUT2D eigenvalue weighted by atomic mass is 10.1. The average molecular weight is 472 g/mol. The molecule has 4 rings (SSSR count). The number of likely N-dealkylation sites (N-methyl/N-ethyl adjacent to an activating group) is 1. The molecule has 6 nitrogen and oxygen atoms in total. The summed E-state index contributed by atoms with van der Waals surface area (Å²) in [6.07, 6.45) is 0. The second kappa shape index (κ2) is 10.6. The summed E-state index contributed by atoms with van der Waals surface area (Å²) in [4.78, 5) is 21.5. The van der Waals surface area contributed by atoms with Crippen LogP contribution in [0.4, 0.5) is 5.13 Å². The van der Waals surface area contributed by atoms with Crippen molar-refractivity contribution in [2.75, 3.05) is 45.8 Å². The molecule has 1 aromatic heterocycles. The molecule has 3 aromatic carbocycles. The number of rotatable bonds is 8. The van der Waals surface area contributed by atoms with Crippen molar-refractivity contribution < 1.29 is 14.3 Å². The van der Waals surface area contributed by atoms with E-state index >= 15 is 0 Å². The molecule has 0 atom stereocenters. The van der Waals surface area contributed by atoms with Gasteiger partial charge in [0.05, 0.1) is 17.3 Å². The van der Waals surface area contributed by atoms with Gasteiger partial charge in [0.2, 0.25) is 0 Å². The largest absolute Gasteiger partial charge is 0.497 e. The van der Waals surface area contributed by atoms with Gasteiger partial charge in [-0.3, -0.25) is 9.69 Å². The monoisotopic (exact) mass is 471 g/mol. The molecular weight excluding hydrogens is 446 g/mol. The first-order chi connectivity index (χ1) is 15.0. The zero-order valence-corrected chi connectivity index (χ0v) is 19.9. The lowest BCUT2D eigenvalue weighted by molar-refractivity contribution is -0.120. The van der Waals surface area contributed by atoms with Crippen molar-refractivity contribution >= 4 is 55.8 Å². The number of hydrogen-bond donors (Lipinski definition) is 0. The van der Waals surface area contributed by atoms with Gasteiger partial charge in [-0.05, 0) is 55.2 Å². The smallest absolute Gasteiger partial charge is 0.266 e. The Morgan fingerprint density at radius 3 is 2.47 bits per heavy atom. The number of thiazole rings is 1. The van der Waals surface area contributed by atoms with Crippen molar-refractivity contribution in [1.82, 2.24) is 9.88 Å². The Balaban J connectivity index is 0.00000289. The van der Waals surface area contributed by atoms with E-state index in [0.717, 1.165) is 33.3 Å². The van der Waals surface area contributed by atoms with Gasteiger partial charge in [-0.15, -0.1) is 12.4 Å². The molecule has 0 aliphatic rings. The summed E-state index contributed by atoms with van der Waals surface area (Å²) in [5.74, 6) is 1.32. The Morgan fingerprint density at radius 1 is 0.969 bits per heavy atom. The topological polar surface area (TPSA) is 54.9 Å². The van der Waals surface area contributed by atoms with Crippen LogP contribution < -0.4 is 14.4 Å². The quantitative estimate of drug-likeness (QED) is 0.367. The van der Waals surface area contributed by atoms with E-state index < -0.39 is 0 Å². The van der Waals surface area contributed by atoms with Gasteiger partial charge in [-0.2, -0.15) is 0 Å². The van der Waals surface area contributed by atoms with Crippen LogP contribution in [0.3, 0.4) is 0 Å². The Morgan fingerprint density at radius 2 is 1.72 bits per heavy atom. The summed E-state index contributed by atoms with van der Waals surface area (Å²) in [6, 6.07) is 19.6. The minimum atomic E-state index is -0.124. The molecule has 0 radical (unpaired) electrons. The minimum Gasteiger partial charge on any atom is -0.497 e. The van der Waals surface area contributed by atoms with Crippen LogP contribution in [0.1, 0.15) is 0 Å². The molecule has 0 fully saturated rings.